The first-order valence-electron chi connectivity index (χ1n) is 8.05. The highest BCUT2D eigenvalue weighted by Crippen LogP contribution is 2.32. The van der Waals surface area contributed by atoms with Gasteiger partial charge in [0, 0.05) is 30.9 Å². The average molecular weight is 313 g/mol. The van der Waals surface area contributed by atoms with E-state index >= 15 is 0 Å². The molecule has 2 heterocycles. The SMILES string of the molecule is Cc1cc(C(=O)Nc2cccc3c2CN([C@H](C)C(C)C)C3)on1. The number of carbonyl (C=O) groups excluding carboxylic acids is 1. The maximum Gasteiger partial charge on any atom is 0.294 e. The Morgan fingerprint density at radius 1 is 1.30 bits per heavy atom. The number of aryl methyl sites for hydroxylation is 1. The molecule has 1 aliphatic rings. The lowest BCUT2D eigenvalue weighted by molar-refractivity contribution is 0.0987. The Kier molecular flexibility index (Phi) is 4.22. The zero-order chi connectivity index (χ0) is 16.6. The maximum absolute atomic E-state index is 12.3. The van der Waals surface area contributed by atoms with Gasteiger partial charge < -0.3 is 9.84 Å². The summed E-state index contributed by atoms with van der Waals surface area (Å²) < 4.78 is 5.04. The summed E-state index contributed by atoms with van der Waals surface area (Å²) in [6.07, 6.45) is 0. The summed E-state index contributed by atoms with van der Waals surface area (Å²) in [6.45, 7) is 10.3. The highest BCUT2D eigenvalue weighted by molar-refractivity contribution is 6.02. The number of nitrogens with one attached hydrogen (secondary N) is 1. The van der Waals surface area contributed by atoms with Crippen LogP contribution in [0.1, 0.15) is 48.1 Å². The second-order valence-electron chi connectivity index (χ2n) is 6.62. The van der Waals surface area contributed by atoms with E-state index in [1.54, 1.807) is 13.0 Å². The number of carbonyl (C=O) groups is 1. The maximum atomic E-state index is 12.3. The van der Waals surface area contributed by atoms with Crippen molar-refractivity contribution >= 4 is 11.6 Å². The van der Waals surface area contributed by atoms with Gasteiger partial charge >= 0.3 is 0 Å². The van der Waals surface area contributed by atoms with E-state index in [1.807, 2.05) is 12.1 Å². The van der Waals surface area contributed by atoms with Gasteiger partial charge in [0.05, 0.1) is 5.69 Å². The number of anilines is 1. The Bertz CT molecular complexity index is 721. The first kappa shape index (κ1) is 15.7. The molecule has 0 aliphatic carbocycles. The van der Waals surface area contributed by atoms with Crippen LogP contribution in [0.4, 0.5) is 5.69 Å². The molecular weight excluding hydrogens is 290 g/mol. The van der Waals surface area contributed by atoms with E-state index in [2.05, 4.69) is 42.2 Å². The van der Waals surface area contributed by atoms with Crippen molar-refractivity contribution in [3.63, 3.8) is 0 Å². The van der Waals surface area contributed by atoms with E-state index in [1.165, 1.54) is 11.1 Å². The molecular formula is C18H23N3O2. The first-order chi connectivity index (χ1) is 11.0. The summed E-state index contributed by atoms with van der Waals surface area (Å²) >= 11 is 0. The van der Waals surface area contributed by atoms with Gasteiger partial charge in [-0.25, -0.2) is 0 Å². The number of hydrogen-bond donors (Lipinski definition) is 1. The van der Waals surface area contributed by atoms with Crippen molar-refractivity contribution in [1.82, 2.24) is 10.1 Å². The molecule has 5 nitrogen and oxygen atoms in total. The highest BCUT2D eigenvalue weighted by atomic mass is 16.5. The lowest BCUT2D eigenvalue weighted by Crippen LogP contribution is -2.32. The molecule has 1 N–H and O–H groups in total. The van der Waals surface area contributed by atoms with Gasteiger partial charge in [-0.15, -0.1) is 0 Å². The van der Waals surface area contributed by atoms with Gasteiger partial charge in [-0.3, -0.25) is 9.69 Å². The zero-order valence-corrected chi connectivity index (χ0v) is 14.1. The Morgan fingerprint density at radius 2 is 2.09 bits per heavy atom. The van der Waals surface area contributed by atoms with E-state index in [9.17, 15) is 4.79 Å². The van der Waals surface area contributed by atoms with Crippen LogP contribution in [0.5, 0.6) is 0 Å². The van der Waals surface area contributed by atoms with Crippen molar-refractivity contribution in [1.29, 1.82) is 0 Å². The summed E-state index contributed by atoms with van der Waals surface area (Å²) in [7, 11) is 0. The summed E-state index contributed by atoms with van der Waals surface area (Å²) in [5.41, 5.74) is 4.04. The fourth-order valence-corrected chi connectivity index (χ4v) is 2.93. The third-order valence-corrected chi connectivity index (χ3v) is 4.65. The normalized spacial score (nSPS) is 15.7. The summed E-state index contributed by atoms with van der Waals surface area (Å²) in [6, 6.07) is 8.22. The fourth-order valence-electron chi connectivity index (χ4n) is 2.93. The number of aromatic nitrogens is 1. The van der Waals surface area contributed by atoms with Gasteiger partial charge in [-0.2, -0.15) is 0 Å². The fraction of sp³-hybridized carbons (Fsp3) is 0.444. The molecule has 0 bridgehead atoms. The van der Waals surface area contributed by atoms with Gasteiger partial charge in [0.2, 0.25) is 5.76 Å². The van der Waals surface area contributed by atoms with Crippen LogP contribution < -0.4 is 5.32 Å². The molecule has 5 heteroatoms. The molecule has 1 amide bonds. The molecule has 0 spiro atoms. The van der Waals surface area contributed by atoms with Crippen molar-refractivity contribution in [2.75, 3.05) is 5.32 Å². The molecule has 1 atom stereocenters. The molecule has 0 radical (unpaired) electrons. The summed E-state index contributed by atoms with van der Waals surface area (Å²) in [5, 5.41) is 6.72. The Balaban J connectivity index is 1.79. The first-order valence-corrected chi connectivity index (χ1v) is 8.05. The van der Waals surface area contributed by atoms with Crippen LogP contribution in [0.25, 0.3) is 0 Å². The topological polar surface area (TPSA) is 58.4 Å². The monoisotopic (exact) mass is 313 g/mol. The van der Waals surface area contributed by atoms with E-state index in [-0.39, 0.29) is 11.7 Å². The quantitative estimate of drug-likeness (QED) is 0.937. The van der Waals surface area contributed by atoms with Gasteiger partial charge in [0.1, 0.15) is 0 Å². The lowest BCUT2D eigenvalue weighted by atomic mass is 10.1. The molecule has 23 heavy (non-hydrogen) atoms. The van der Waals surface area contributed by atoms with Crippen LogP contribution in [-0.2, 0) is 13.1 Å². The van der Waals surface area contributed by atoms with Crippen LogP contribution in [-0.4, -0.2) is 22.0 Å². The lowest BCUT2D eigenvalue weighted by Gasteiger charge is -2.27. The van der Waals surface area contributed by atoms with E-state index < -0.39 is 0 Å². The molecule has 122 valence electrons. The number of fused-ring (bicyclic) bond motifs is 1. The van der Waals surface area contributed by atoms with Crippen molar-refractivity contribution in [3.8, 4) is 0 Å². The predicted molar refractivity (Wildman–Crippen MR) is 89.2 cm³/mol. The number of amides is 1. The molecule has 2 aromatic rings. The molecule has 0 fully saturated rings. The van der Waals surface area contributed by atoms with Crippen LogP contribution in [0.15, 0.2) is 28.8 Å². The number of rotatable bonds is 4. The average Bonchev–Trinajstić information content (AvgIpc) is 3.13. The van der Waals surface area contributed by atoms with Crippen molar-refractivity contribution in [2.45, 2.75) is 46.8 Å². The van der Waals surface area contributed by atoms with E-state index in [4.69, 9.17) is 4.52 Å². The van der Waals surface area contributed by atoms with E-state index in [0.717, 1.165) is 18.8 Å². The van der Waals surface area contributed by atoms with Gasteiger partial charge in [0.15, 0.2) is 0 Å². The Hall–Kier alpha value is -2.14. The van der Waals surface area contributed by atoms with Crippen LogP contribution in [0.3, 0.4) is 0 Å². The minimum absolute atomic E-state index is 0.241. The largest absolute Gasteiger partial charge is 0.351 e. The molecule has 1 aliphatic heterocycles. The number of hydrogen-bond acceptors (Lipinski definition) is 4. The van der Waals surface area contributed by atoms with Gasteiger partial charge in [-0.05, 0) is 37.0 Å². The van der Waals surface area contributed by atoms with Crippen molar-refractivity contribution in [2.24, 2.45) is 5.92 Å². The summed E-state index contributed by atoms with van der Waals surface area (Å²) in [4.78, 5) is 14.7. The minimum atomic E-state index is -0.255. The van der Waals surface area contributed by atoms with Gasteiger partial charge in [-0.1, -0.05) is 31.1 Å². The molecule has 0 saturated carbocycles. The van der Waals surface area contributed by atoms with Crippen molar-refractivity contribution < 1.29 is 9.32 Å². The van der Waals surface area contributed by atoms with Crippen LogP contribution in [0, 0.1) is 12.8 Å². The number of benzene rings is 1. The number of nitrogens with zero attached hydrogens (tertiary/aromatic N) is 2. The second kappa shape index (κ2) is 6.16. The third kappa shape index (κ3) is 3.15. The molecule has 3 rings (SSSR count). The predicted octanol–water partition coefficient (Wildman–Crippen LogP) is 3.60. The van der Waals surface area contributed by atoms with Crippen LogP contribution >= 0.6 is 0 Å². The summed E-state index contributed by atoms with van der Waals surface area (Å²) in [5.74, 6) is 0.583. The molecule has 0 saturated heterocycles. The van der Waals surface area contributed by atoms with Crippen molar-refractivity contribution in [3.05, 3.63) is 46.8 Å². The molecule has 1 aromatic carbocycles. The highest BCUT2D eigenvalue weighted by Gasteiger charge is 2.27. The van der Waals surface area contributed by atoms with E-state index in [0.29, 0.717) is 17.7 Å². The Morgan fingerprint density at radius 3 is 2.74 bits per heavy atom. The standard InChI is InChI=1S/C18H23N3O2/c1-11(2)13(4)21-9-14-6-5-7-16(15(14)10-21)19-18(22)17-8-12(3)20-23-17/h5-8,11,13H,9-10H2,1-4H3,(H,19,22)/t13-/m1/s1. The zero-order valence-electron chi connectivity index (χ0n) is 14.1. The van der Waals surface area contributed by atoms with Gasteiger partial charge in [0.25, 0.3) is 5.91 Å². The Labute approximate surface area is 136 Å². The molecule has 1 aromatic heterocycles. The second-order valence-corrected chi connectivity index (χ2v) is 6.62. The smallest absolute Gasteiger partial charge is 0.294 e. The minimum Gasteiger partial charge on any atom is -0.351 e. The van der Waals surface area contributed by atoms with Crippen LogP contribution in [0.2, 0.25) is 0 Å². The molecule has 0 unspecified atom stereocenters. The third-order valence-electron chi connectivity index (χ3n) is 4.65.